The summed E-state index contributed by atoms with van der Waals surface area (Å²) >= 11 is 0. The van der Waals surface area contributed by atoms with Crippen LogP contribution in [-0.2, 0) is 25.6 Å². The van der Waals surface area contributed by atoms with Crippen molar-refractivity contribution in [2.75, 3.05) is 6.61 Å². The van der Waals surface area contributed by atoms with Crippen molar-refractivity contribution >= 4 is 16.7 Å². The third kappa shape index (κ3) is 4.25. The van der Waals surface area contributed by atoms with Gasteiger partial charge in [-0.3, -0.25) is 4.79 Å². The number of fused-ring (bicyclic) bond motifs is 1. The molecule has 11 heteroatoms. The van der Waals surface area contributed by atoms with E-state index in [2.05, 4.69) is 0 Å². The van der Waals surface area contributed by atoms with E-state index in [4.69, 9.17) is 18.6 Å². The fraction of sp³-hybridized carbons (Fsp3) is 0.474. The van der Waals surface area contributed by atoms with Crippen LogP contribution in [0.25, 0.3) is 10.8 Å². The predicted octanol–water partition coefficient (Wildman–Crippen LogP) is -0.600. The zero-order chi connectivity index (χ0) is 22.2. The minimum absolute atomic E-state index is 0.139. The normalized spacial score (nSPS) is 26.6. The van der Waals surface area contributed by atoms with E-state index in [9.17, 15) is 35.1 Å². The summed E-state index contributed by atoms with van der Waals surface area (Å²) in [6.45, 7) is 1.96. The third-order valence-corrected chi connectivity index (χ3v) is 4.81. The highest BCUT2D eigenvalue weighted by molar-refractivity contribution is 5.91. The number of phenols is 2. The summed E-state index contributed by atoms with van der Waals surface area (Å²) in [5.41, 5.74) is -0.526. The monoisotopic (exact) mass is 426 g/mol. The number of hydrogen-bond acceptors (Lipinski definition) is 11. The maximum Gasteiger partial charge on any atom is 0.347 e. The van der Waals surface area contributed by atoms with Crippen LogP contribution in [0.3, 0.4) is 0 Å². The zero-order valence-corrected chi connectivity index (χ0v) is 16.1. The van der Waals surface area contributed by atoms with E-state index in [0.717, 1.165) is 13.0 Å². The van der Waals surface area contributed by atoms with Crippen LogP contribution in [-0.4, -0.2) is 68.8 Å². The summed E-state index contributed by atoms with van der Waals surface area (Å²) in [5, 5.41) is 50.0. The van der Waals surface area contributed by atoms with Gasteiger partial charge in [-0.1, -0.05) is 0 Å². The molecule has 1 aromatic heterocycles. The maximum absolute atomic E-state index is 12.1. The lowest BCUT2D eigenvalue weighted by Crippen LogP contribution is -2.59. The Hall–Kier alpha value is -2.70. The highest BCUT2D eigenvalue weighted by Crippen LogP contribution is 2.32. The fourth-order valence-corrected chi connectivity index (χ4v) is 3.24. The molecule has 5 N–H and O–H groups in total. The van der Waals surface area contributed by atoms with Crippen molar-refractivity contribution in [3.8, 4) is 11.5 Å². The molecule has 0 radical (unpaired) electrons. The average Bonchev–Trinajstić information content (AvgIpc) is 2.65. The highest BCUT2D eigenvalue weighted by atomic mass is 16.7. The average molecular weight is 426 g/mol. The van der Waals surface area contributed by atoms with Gasteiger partial charge in [0.1, 0.15) is 53.7 Å². The molecule has 0 spiro atoms. The second kappa shape index (κ2) is 8.58. The van der Waals surface area contributed by atoms with Crippen molar-refractivity contribution < 1.29 is 49.0 Å². The number of hydrogen-bond donors (Lipinski definition) is 5. The molecule has 1 aliphatic rings. The molecule has 1 aromatic carbocycles. The molecule has 5 atom stereocenters. The Kier molecular flexibility index (Phi) is 6.29. The molecule has 0 unspecified atom stereocenters. The van der Waals surface area contributed by atoms with Gasteiger partial charge >= 0.3 is 11.6 Å². The van der Waals surface area contributed by atoms with Gasteiger partial charge in [-0.15, -0.1) is 0 Å². The second-order valence-electron chi connectivity index (χ2n) is 6.94. The summed E-state index contributed by atoms with van der Waals surface area (Å²) < 4.78 is 20.9. The molecular formula is C19H22O11. The van der Waals surface area contributed by atoms with Crippen LogP contribution >= 0.6 is 0 Å². The summed E-state index contributed by atoms with van der Waals surface area (Å²) in [7, 11) is 0. The van der Waals surface area contributed by atoms with Gasteiger partial charge in [0.2, 0.25) is 0 Å². The van der Waals surface area contributed by atoms with Crippen LogP contribution in [0.4, 0.5) is 0 Å². The third-order valence-electron chi connectivity index (χ3n) is 4.81. The molecule has 2 aromatic rings. The minimum atomic E-state index is -1.64. The van der Waals surface area contributed by atoms with Crippen LogP contribution in [0.2, 0.25) is 0 Å². The number of carbonyl (C=O) groups excluding carboxylic acids is 1. The molecule has 11 nitrogen and oxygen atoms in total. The number of phenolic OH excluding ortho intramolecular Hbond substituents is 2. The quantitative estimate of drug-likeness (QED) is 0.386. The van der Waals surface area contributed by atoms with Crippen LogP contribution in [0, 0.1) is 6.92 Å². The molecule has 30 heavy (non-hydrogen) atoms. The van der Waals surface area contributed by atoms with Crippen molar-refractivity contribution in [2.24, 2.45) is 0 Å². The summed E-state index contributed by atoms with van der Waals surface area (Å²) in [5.74, 6) is -1.25. The molecule has 1 saturated heterocycles. The Morgan fingerprint density at radius 2 is 1.83 bits per heavy atom. The number of aliphatic hydroxyl groups is 3. The Balaban J connectivity index is 1.86. The number of esters is 1. The lowest BCUT2D eigenvalue weighted by atomic mass is 9.99. The lowest BCUT2D eigenvalue weighted by Gasteiger charge is -2.39. The number of aliphatic hydroxyl groups excluding tert-OH is 3. The zero-order valence-electron chi connectivity index (χ0n) is 16.1. The largest absolute Gasteiger partial charge is 0.508 e. The first-order chi connectivity index (χ1) is 14.1. The maximum atomic E-state index is 12.1. The van der Waals surface area contributed by atoms with Gasteiger partial charge in [-0.2, -0.15) is 0 Å². The van der Waals surface area contributed by atoms with E-state index < -0.39 is 48.1 Å². The van der Waals surface area contributed by atoms with E-state index in [1.807, 2.05) is 0 Å². The van der Waals surface area contributed by atoms with Crippen LogP contribution < -0.4 is 5.63 Å². The van der Waals surface area contributed by atoms with E-state index in [1.165, 1.54) is 13.0 Å². The Morgan fingerprint density at radius 3 is 2.50 bits per heavy atom. The minimum Gasteiger partial charge on any atom is -0.508 e. The summed E-state index contributed by atoms with van der Waals surface area (Å²) in [6, 6.07) is 2.24. The van der Waals surface area contributed by atoms with Crippen molar-refractivity contribution in [1.29, 1.82) is 0 Å². The molecule has 3 rings (SSSR count). The fourth-order valence-electron chi connectivity index (χ4n) is 3.24. The van der Waals surface area contributed by atoms with E-state index >= 15 is 0 Å². The van der Waals surface area contributed by atoms with Crippen molar-refractivity contribution in [3.63, 3.8) is 0 Å². The molecule has 164 valence electrons. The smallest absolute Gasteiger partial charge is 0.347 e. The molecule has 0 bridgehead atoms. The van der Waals surface area contributed by atoms with Gasteiger partial charge in [0, 0.05) is 23.9 Å². The lowest BCUT2D eigenvalue weighted by molar-refractivity contribution is -0.304. The number of aryl methyl sites for hydroxylation is 1. The molecule has 0 amide bonds. The Morgan fingerprint density at radius 1 is 1.13 bits per heavy atom. The molecular weight excluding hydrogens is 404 g/mol. The first-order valence-electron chi connectivity index (χ1n) is 9.03. The number of carbonyl (C=O) groups is 1. The van der Waals surface area contributed by atoms with Gasteiger partial charge in [-0.25, -0.2) is 4.79 Å². The van der Waals surface area contributed by atoms with Crippen LogP contribution in [0.15, 0.2) is 21.3 Å². The molecule has 0 saturated carbocycles. The predicted molar refractivity (Wildman–Crippen MR) is 98.7 cm³/mol. The molecule has 2 heterocycles. The summed E-state index contributed by atoms with van der Waals surface area (Å²) in [4.78, 5) is 23.1. The topological polar surface area (TPSA) is 176 Å². The second-order valence-corrected chi connectivity index (χ2v) is 6.94. The number of ether oxygens (including phenoxy) is 3. The molecule has 1 aliphatic heterocycles. The van der Waals surface area contributed by atoms with E-state index in [0.29, 0.717) is 0 Å². The number of rotatable bonds is 5. The van der Waals surface area contributed by atoms with E-state index in [1.54, 1.807) is 0 Å². The number of aromatic hydroxyl groups is 2. The van der Waals surface area contributed by atoms with Crippen molar-refractivity contribution in [2.45, 2.75) is 51.2 Å². The van der Waals surface area contributed by atoms with Crippen LogP contribution in [0.1, 0.15) is 18.2 Å². The van der Waals surface area contributed by atoms with Gasteiger partial charge in [-0.05, 0) is 13.0 Å². The van der Waals surface area contributed by atoms with Gasteiger partial charge < -0.3 is 44.2 Å². The SMILES string of the molecule is CC(=O)OC[C@H]1O[C@H](OCc2c(C)oc(=O)c3c(O)cc(O)cc23)[C@H](O)[C@@H](O)[C@@H]1O. The Bertz CT molecular complexity index is 998. The van der Waals surface area contributed by atoms with Gasteiger partial charge in [0.25, 0.3) is 0 Å². The van der Waals surface area contributed by atoms with Crippen molar-refractivity contribution in [3.05, 3.63) is 33.9 Å². The number of benzene rings is 1. The van der Waals surface area contributed by atoms with Gasteiger partial charge in [0.15, 0.2) is 6.29 Å². The first kappa shape index (κ1) is 22.0. The van der Waals surface area contributed by atoms with Crippen molar-refractivity contribution in [1.82, 2.24) is 0 Å². The van der Waals surface area contributed by atoms with Crippen LogP contribution in [0.5, 0.6) is 11.5 Å². The highest BCUT2D eigenvalue weighted by Gasteiger charge is 2.44. The first-order valence-corrected chi connectivity index (χ1v) is 9.03. The molecule has 1 fully saturated rings. The van der Waals surface area contributed by atoms with E-state index in [-0.39, 0.29) is 41.1 Å². The van der Waals surface area contributed by atoms with Gasteiger partial charge in [0.05, 0.1) is 6.61 Å². The summed E-state index contributed by atoms with van der Waals surface area (Å²) in [6.07, 6.45) is -7.36. The Labute approximate surface area is 169 Å². The standard InChI is InChI=1S/C19H22O11/c1-7-11(10-3-9(21)4-12(22)14(10)18(26)29-7)5-28-19-17(25)16(24)15(23)13(30-19)6-27-8(2)20/h3-4,13,15-17,19,21-25H,5-6H2,1-2H3/t13-,15-,16+,17-,19+/m1/s1. The molecule has 0 aliphatic carbocycles.